The second-order valence-electron chi connectivity index (χ2n) is 8.36. The molecule has 6 nitrogen and oxygen atoms in total. The average Bonchev–Trinajstić information content (AvgIpc) is 2.89. The van der Waals surface area contributed by atoms with Gasteiger partial charge in [0.25, 0.3) is 0 Å². The first-order chi connectivity index (χ1) is 17.7. The highest BCUT2D eigenvalue weighted by atomic mass is 32.2. The predicted molar refractivity (Wildman–Crippen MR) is 137 cm³/mol. The fourth-order valence-corrected chi connectivity index (χ4v) is 4.63. The molecule has 37 heavy (non-hydrogen) atoms. The molecule has 1 atom stereocenters. The van der Waals surface area contributed by atoms with Gasteiger partial charge in [-0.1, -0.05) is 84.9 Å². The molecule has 4 aromatic carbocycles. The Balaban J connectivity index is 1.70. The van der Waals surface area contributed by atoms with Gasteiger partial charge < -0.3 is 9.50 Å². The van der Waals surface area contributed by atoms with Gasteiger partial charge in [-0.25, -0.2) is 0 Å². The summed E-state index contributed by atoms with van der Waals surface area (Å²) in [6.07, 6.45) is 0. The number of nitrogens with one attached hydrogen (secondary N) is 1. The Labute approximate surface area is 210 Å². The summed E-state index contributed by atoms with van der Waals surface area (Å²) in [5.41, 5.74) is -4.28. The number of hydrogen-bond donors (Lipinski definition) is 1. The quantitative estimate of drug-likeness (QED) is 0.194. The van der Waals surface area contributed by atoms with Crippen LogP contribution >= 0.6 is 0 Å². The van der Waals surface area contributed by atoms with Crippen molar-refractivity contribution in [3.63, 3.8) is 0 Å². The Morgan fingerprint density at radius 3 is 2.11 bits per heavy atom. The Kier molecular flexibility index (Phi) is 6.20. The van der Waals surface area contributed by atoms with Crippen LogP contribution in [0.2, 0.25) is 0 Å². The summed E-state index contributed by atoms with van der Waals surface area (Å²) >= 11 is 0. The second-order valence-corrected chi connectivity index (χ2v) is 9.90. The van der Waals surface area contributed by atoms with Gasteiger partial charge in [-0.05, 0) is 29.3 Å². The third kappa shape index (κ3) is 4.67. The number of benzene rings is 4. The highest BCUT2D eigenvalue weighted by molar-refractivity contribution is 7.88. The van der Waals surface area contributed by atoms with Crippen molar-refractivity contribution in [2.45, 2.75) is 18.5 Å². The van der Waals surface area contributed by atoms with Crippen molar-refractivity contribution in [3.05, 3.63) is 96.6 Å². The fourth-order valence-electron chi connectivity index (χ4n) is 4.16. The highest BCUT2D eigenvalue weighted by Gasteiger charge is 2.49. The van der Waals surface area contributed by atoms with Crippen molar-refractivity contribution in [3.8, 4) is 17.0 Å². The normalized spacial score (nSPS) is 13.0. The molecule has 0 radical (unpaired) electrons. The molecule has 0 unspecified atom stereocenters. The van der Waals surface area contributed by atoms with Crippen LogP contribution in [0.4, 0.5) is 19.0 Å². The van der Waals surface area contributed by atoms with Crippen LogP contribution in [0, 0.1) is 0 Å². The van der Waals surface area contributed by atoms with Crippen LogP contribution in [0.15, 0.2) is 91.0 Å². The van der Waals surface area contributed by atoms with Gasteiger partial charge in [0, 0.05) is 10.8 Å². The molecule has 0 spiro atoms. The van der Waals surface area contributed by atoms with Crippen molar-refractivity contribution in [2.75, 3.05) is 5.32 Å². The molecule has 5 rings (SSSR count). The fraction of sp³-hybridized carbons (Fsp3) is 0.111. The number of alkyl halides is 3. The summed E-state index contributed by atoms with van der Waals surface area (Å²) in [6, 6.07) is 26.3. The Morgan fingerprint density at radius 1 is 0.784 bits per heavy atom. The summed E-state index contributed by atoms with van der Waals surface area (Å²) in [4.78, 5) is 0. The van der Waals surface area contributed by atoms with E-state index in [-0.39, 0.29) is 17.3 Å². The molecule has 0 aliphatic carbocycles. The van der Waals surface area contributed by atoms with Crippen LogP contribution in [-0.2, 0) is 10.1 Å². The monoisotopic (exact) mass is 523 g/mol. The van der Waals surface area contributed by atoms with Crippen LogP contribution in [-0.4, -0.2) is 24.1 Å². The lowest BCUT2D eigenvalue weighted by Crippen LogP contribution is -2.28. The third-order valence-electron chi connectivity index (χ3n) is 5.95. The number of rotatable bonds is 6. The molecule has 0 bridgehead atoms. The lowest BCUT2D eigenvalue weighted by molar-refractivity contribution is -0.0499. The van der Waals surface area contributed by atoms with E-state index in [0.717, 1.165) is 5.56 Å². The Hall–Kier alpha value is -4.18. The minimum Gasteiger partial charge on any atom is -0.375 e. The van der Waals surface area contributed by atoms with Gasteiger partial charge >= 0.3 is 15.6 Å². The van der Waals surface area contributed by atoms with Crippen molar-refractivity contribution in [2.24, 2.45) is 0 Å². The summed E-state index contributed by atoms with van der Waals surface area (Å²) < 4.78 is 68.0. The first-order valence-corrected chi connectivity index (χ1v) is 12.7. The number of hydrogen-bond acceptors (Lipinski definition) is 6. The zero-order chi connectivity index (χ0) is 26.2. The lowest BCUT2D eigenvalue weighted by atomic mass is 9.97. The largest absolute Gasteiger partial charge is 0.534 e. The molecule has 0 aliphatic rings. The zero-order valence-corrected chi connectivity index (χ0v) is 20.2. The van der Waals surface area contributed by atoms with Gasteiger partial charge in [0.1, 0.15) is 5.69 Å². The predicted octanol–water partition coefficient (Wildman–Crippen LogP) is 6.85. The van der Waals surface area contributed by atoms with Crippen LogP contribution in [0.25, 0.3) is 32.8 Å². The standard InChI is InChI=1S/C27H20F3N3O3S/c1-17(18-9-3-2-4-10-18)31-26-22-14-8-7-13-21(22)25(32-33-26)24-20-12-6-5-11-19(20)15-16-23(24)36-37(34,35)27(28,29)30/h2-17H,1H3,(H,31,33)/t17-/m0/s1. The summed E-state index contributed by atoms with van der Waals surface area (Å²) in [5.74, 6) is -0.0184. The van der Waals surface area contributed by atoms with E-state index in [1.807, 2.05) is 43.3 Å². The number of anilines is 1. The number of nitrogens with zero attached hydrogens (tertiary/aromatic N) is 2. The van der Waals surface area contributed by atoms with Gasteiger partial charge in [-0.15, -0.1) is 10.2 Å². The van der Waals surface area contributed by atoms with Crippen LogP contribution in [0.5, 0.6) is 5.75 Å². The maximum Gasteiger partial charge on any atom is 0.534 e. The Morgan fingerprint density at radius 2 is 1.41 bits per heavy atom. The number of aromatic nitrogens is 2. The lowest BCUT2D eigenvalue weighted by Gasteiger charge is -2.18. The summed E-state index contributed by atoms with van der Waals surface area (Å²) in [7, 11) is -5.92. The molecule has 1 N–H and O–H groups in total. The smallest absolute Gasteiger partial charge is 0.375 e. The van der Waals surface area contributed by atoms with Crippen LogP contribution in [0.1, 0.15) is 18.5 Å². The molecule has 188 valence electrons. The van der Waals surface area contributed by atoms with E-state index < -0.39 is 21.4 Å². The van der Waals surface area contributed by atoms with Gasteiger partial charge in [0.15, 0.2) is 11.6 Å². The minimum absolute atomic E-state index is 0.0947. The maximum atomic E-state index is 13.2. The molecule has 1 heterocycles. The highest BCUT2D eigenvalue weighted by Crippen LogP contribution is 2.42. The summed E-state index contributed by atoms with van der Waals surface area (Å²) in [6.45, 7) is 1.97. The van der Waals surface area contributed by atoms with E-state index in [1.54, 1.807) is 42.5 Å². The molecule has 0 saturated heterocycles. The van der Waals surface area contributed by atoms with E-state index >= 15 is 0 Å². The first kappa shape index (κ1) is 24.5. The van der Waals surface area contributed by atoms with E-state index in [9.17, 15) is 21.6 Å². The number of fused-ring (bicyclic) bond motifs is 2. The molecule has 0 aliphatic heterocycles. The van der Waals surface area contributed by atoms with Gasteiger partial charge in [0.05, 0.1) is 11.6 Å². The maximum absolute atomic E-state index is 13.2. The van der Waals surface area contributed by atoms with E-state index in [2.05, 4.69) is 19.7 Å². The third-order valence-corrected chi connectivity index (χ3v) is 6.92. The number of halogens is 3. The molecule has 5 aromatic rings. The van der Waals surface area contributed by atoms with Crippen molar-refractivity contribution in [1.82, 2.24) is 10.2 Å². The topological polar surface area (TPSA) is 81.2 Å². The SMILES string of the molecule is C[C@H](Nc1nnc(-c2c(OS(=O)(=O)C(F)(F)F)ccc3ccccc23)c2ccccc12)c1ccccc1. The average molecular weight is 524 g/mol. The van der Waals surface area contributed by atoms with E-state index in [0.29, 0.717) is 27.4 Å². The van der Waals surface area contributed by atoms with Crippen LogP contribution < -0.4 is 9.50 Å². The van der Waals surface area contributed by atoms with Crippen molar-refractivity contribution in [1.29, 1.82) is 0 Å². The molecule has 10 heteroatoms. The molecule has 0 fully saturated rings. The van der Waals surface area contributed by atoms with Crippen molar-refractivity contribution < 1.29 is 25.8 Å². The summed E-state index contributed by atoms with van der Waals surface area (Å²) in [5, 5.41) is 14.4. The molecular weight excluding hydrogens is 503 g/mol. The van der Waals surface area contributed by atoms with Gasteiger partial charge in [-0.3, -0.25) is 0 Å². The molecule has 1 aromatic heterocycles. The molecular formula is C27H20F3N3O3S. The molecule has 0 saturated carbocycles. The van der Waals surface area contributed by atoms with Crippen LogP contribution in [0.3, 0.4) is 0 Å². The van der Waals surface area contributed by atoms with E-state index in [1.165, 1.54) is 12.1 Å². The molecule has 0 amide bonds. The Bertz CT molecular complexity index is 1710. The van der Waals surface area contributed by atoms with Crippen molar-refractivity contribution >= 4 is 37.5 Å². The van der Waals surface area contributed by atoms with Gasteiger partial charge in [0.2, 0.25) is 0 Å². The second kappa shape index (κ2) is 9.36. The van der Waals surface area contributed by atoms with Gasteiger partial charge in [-0.2, -0.15) is 21.6 Å². The minimum atomic E-state index is -5.92. The first-order valence-electron chi connectivity index (χ1n) is 11.3. The zero-order valence-electron chi connectivity index (χ0n) is 19.4. The van der Waals surface area contributed by atoms with E-state index in [4.69, 9.17) is 0 Å².